The van der Waals surface area contributed by atoms with Gasteiger partial charge < -0.3 is 50.0 Å². The fraction of sp³-hybridized carbons (Fsp3) is 0.182. The van der Waals surface area contributed by atoms with Gasteiger partial charge in [0.1, 0.15) is 26.9 Å². The Labute approximate surface area is 323 Å². The second kappa shape index (κ2) is 15.0. The summed E-state index contributed by atoms with van der Waals surface area (Å²) in [6.45, 7) is 1.88. The summed E-state index contributed by atoms with van der Waals surface area (Å²) in [6, 6.07) is 8.34. The third-order valence-electron chi connectivity index (χ3n) is 10.7. The van der Waals surface area contributed by atoms with Crippen molar-refractivity contribution in [2.45, 2.75) is 0 Å². The van der Waals surface area contributed by atoms with E-state index in [1.807, 2.05) is 68.7 Å². The predicted molar refractivity (Wildman–Crippen MR) is 222 cm³/mol. The molecule has 9 heterocycles. The molecule has 12 heteroatoms. The summed E-state index contributed by atoms with van der Waals surface area (Å²) < 4.78 is 0. The van der Waals surface area contributed by atoms with Crippen LogP contribution in [0.2, 0.25) is 0 Å². The highest BCUT2D eigenvalue weighted by Crippen LogP contribution is 2.37. The van der Waals surface area contributed by atoms with E-state index in [-0.39, 0.29) is 26.9 Å². The van der Waals surface area contributed by atoms with Gasteiger partial charge in [0, 0.05) is 95.3 Å². The Morgan fingerprint density at radius 3 is 0.839 bits per heavy atom. The average Bonchev–Trinajstić information content (AvgIpc) is 4.10. The summed E-state index contributed by atoms with van der Waals surface area (Å²) in [5, 5.41) is 39.4. The number of aliphatic hydroxyl groups excluding tert-OH is 4. The topological polar surface area (TPSA) is 151 Å². The maximum atomic E-state index is 9.84. The molecule has 0 aliphatic carbocycles. The molecule has 0 spiro atoms. The number of aromatic amines is 2. The third kappa shape index (κ3) is 6.54. The van der Waals surface area contributed by atoms with Gasteiger partial charge in [0.25, 0.3) is 0 Å². The number of aliphatic hydroxyl groups is 4. The van der Waals surface area contributed by atoms with Crippen LogP contribution in [0.5, 0.6) is 0 Å². The van der Waals surface area contributed by atoms with Crippen molar-refractivity contribution < 1.29 is 20.4 Å². The van der Waals surface area contributed by atoms with Gasteiger partial charge in [0.2, 0.25) is 0 Å². The molecule has 0 fully saturated rings. The molecule has 12 nitrogen and oxygen atoms in total. The predicted octanol–water partition coefficient (Wildman–Crippen LogP) is 5.31. The lowest BCUT2D eigenvalue weighted by atomic mass is 10.0. The van der Waals surface area contributed by atoms with Crippen LogP contribution in [-0.4, -0.2) is 113 Å². The van der Waals surface area contributed by atoms with E-state index >= 15 is 0 Å². The molecule has 0 amide bonds. The first-order valence-corrected chi connectivity index (χ1v) is 18.6. The van der Waals surface area contributed by atoms with Crippen molar-refractivity contribution in [3.63, 3.8) is 0 Å². The molecular weight excluding hydrogens is 705 g/mol. The molecule has 0 saturated carbocycles. The van der Waals surface area contributed by atoms with E-state index in [0.717, 1.165) is 89.4 Å². The number of rotatable bonds is 8. The number of nitrogens with zero attached hydrogens (tertiary/aromatic N) is 6. The van der Waals surface area contributed by atoms with E-state index in [1.54, 1.807) is 0 Å². The Hall–Kier alpha value is -6.44. The van der Waals surface area contributed by atoms with Gasteiger partial charge in [-0.05, 0) is 95.2 Å². The molecule has 3 aromatic rings. The van der Waals surface area contributed by atoms with Crippen LogP contribution in [0, 0.1) is 0 Å². The molecule has 0 radical (unpaired) electrons. The lowest BCUT2D eigenvalue weighted by Crippen LogP contribution is -2.20. The average molecular weight is 747 g/mol. The number of aromatic nitrogens is 4. The van der Waals surface area contributed by atoms with Crippen molar-refractivity contribution in [1.29, 1.82) is 0 Å². The number of fused-ring (bicyclic) bond motifs is 8. The van der Waals surface area contributed by atoms with Gasteiger partial charge in [-0.25, -0.2) is 9.97 Å². The van der Waals surface area contributed by atoms with Gasteiger partial charge in [-0.2, -0.15) is 0 Å². The molecule has 0 aromatic carbocycles. The highest BCUT2D eigenvalue weighted by Gasteiger charge is 2.22. The lowest BCUT2D eigenvalue weighted by molar-refractivity contribution is 0.161. The molecule has 9 rings (SSSR count). The highest BCUT2D eigenvalue weighted by atomic mass is 16.3. The van der Waals surface area contributed by atoms with Crippen molar-refractivity contribution in [3.05, 3.63) is 143 Å². The minimum absolute atomic E-state index is 0.0784. The fourth-order valence-corrected chi connectivity index (χ4v) is 7.70. The Morgan fingerprint density at radius 1 is 0.393 bits per heavy atom. The SMILES string of the molecule is OCN1C=CC(c2c3nc(c(C4=CCN(CO)C=C4)c4ccc([nH]4)c(C4=CCN(CO)C=C4)c4nc(c(C5=CCN(CO)C=C5)c5ccc2[nH]5)C=C4)C=C3)=CC1. The van der Waals surface area contributed by atoms with Gasteiger partial charge in [0.15, 0.2) is 0 Å². The summed E-state index contributed by atoms with van der Waals surface area (Å²) in [7, 11) is 0. The highest BCUT2D eigenvalue weighted by molar-refractivity contribution is 5.99. The summed E-state index contributed by atoms with van der Waals surface area (Å²) in [5.74, 6) is 0. The maximum Gasteiger partial charge on any atom is 0.115 e. The molecule has 0 unspecified atom stereocenters. The van der Waals surface area contributed by atoms with Crippen LogP contribution in [0.25, 0.3) is 68.7 Å². The normalized spacial score (nSPS) is 17.5. The van der Waals surface area contributed by atoms with Crippen LogP contribution in [0.4, 0.5) is 0 Å². The number of nitrogens with one attached hydrogen (secondary N) is 2. The van der Waals surface area contributed by atoms with Crippen molar-refractivity contribution in [2.24, 2.45) is 0 Å². The van der Waals surface area contributed by atoms with Crippen LogP contribution >= 0.6 is 0 Å². The molecule has 3 aromatic heterocycles. The van der Waals surface area contributed by atoms with Gasteiger partial charge in [0.05, 0.1) is 22.8 Å². The van der Waals surface area contributed by atoms with E-state index in [1.165, 1.54) is 0 Å². The monoisotopic (exact) mass is 746 g/mol. The van der Waals surface area contributed by atoms with E-state index in [2.05, 4.69) is 82.8 Å². The summed E-state index contributed by atoms with van der Waals surface area (Å²) in [5.41, 5.74) is 14.3. The minimum Gasteiger partial charge on any atom is -0.376 e. The van der Waals surface area contributed by atoms with Crippen LogP contribution in [0.15, 0.2) is 97.7 Å². The second-order valence-corrected chi connectivity index (χ2v) is 14.1. The van der Waals surface area contributed by atoms with E-state index in [9.17, 15) is 20.4 Å². The first-order valence-electron chi connectivity index (χ1n) is 18.6. The fourth-order valence-electron chi connectivity index (χ4n) is 7.70. The van der Waals surface area contributed by atoms with Crippen LogP contribution < -0.4 is 0 Å². The molecule has 6 aliphatic rings. The van der Waals surface area contributed by atoms with Crippen LogP contribution in [-0.2, 0) is 0 Å². The van der Waals surface area contributed by atoms with Crippen molar-refractivity contribution in [3.8, 4) is 0 Å². The zero-order valence-corrected chi connectivity index (χ0v) is 30.7. The molecular formula is C44H42N8O4. The van der Waals surface area contributed by atoms with Crippen LogP contribution in [0.3, 0.4) is 0 Å². The summed E-state index contributed by atoms with van der Waals surface area (Å²) in [6.07, 6.45) is 32.3. The Kier molecular flexibility index (Phi) is 9.45. The van der Waals surface area contributed by atoms with Gasteiger partial charge in [-0.3, -0.25) is 0 Å². The first-order chi connectivity index (χ1) is 27.5. The first kappa shape index (κ1) is 35.3. The van der Waals surface area contributed by atoms with E-state index in [4.69, 9.17) is 9.97 Å². The second-order valence-electron chi connectivity index (χ2n) is 14.1. The van der Waals surface area contributed by atoms with Crippen molar-refractivity contribution in [1.82, 2.24) is 39.5 Å². The quantitative estimate of drug-likeness (QED) is 0.123. The molecule has 6 N–H and O–H groups in total. The Balaban J connectivity index is 1.38. The standard InChI is InChI=1S/C44H42N8O4/c53-25-49-17-9-29(10-18-49)41-33-1-2-34(45-33)42(30-11-19-50(26-54)20-12-30)36-5-6-38(47-36)44(32-15-23-52(28-56)24-16-32)40-8-7-39(48-40)43(37-4-3-35(41)46-37)31-13-21-51(27-55)22-14-31/h1-17,19,21,23,45,48,53-56H,18,20,22,24-28H2. The number of allylic oxidation sites excluding steroid dienone is 8. The minimum atomic E-state index is -0.0784. The third-order valence-corrected chi connectivity index (χ3v) is 10.7. The Bertz CT molecular complexity index is 2230. The zero-order chi connectivity index (χ0) is 38.2. The summed E-state index contributed by atoms with van der Waals surface area (Å²) in [4.78, 5) is 25.5. The van der Waals surface area contributed by atoms with Crippen molar-refractivity contribution in [2.75, 3.05) is 53.1 Å². The molecule has 0 atom stereocenters. The molecule has 282 valence electrons. The van der Waals surface area contributed by atoms with Crippen molar-refractivity contribution >= 4 is 68.7 Å². The zero-order valence-electron chi connectivity index (χ0n) is 30.7. The van der Waals surface area contributed by atoms with E-state index < -0.39 is 0 Å². The number of hydrogen-bond donors (Lipinski definition) is 6. The number of H-pyrrole nitrogens is 2. The summed E-state index contributed by atoms with van der Waals surface area (Å²) >= 11 is 0. The molecule has 56 heavy (non-hydrogen) atoms. The smallest absolute Gasteiger partial charge is 0.115 e. The van der Waals surface area contributed by atoms with Gasteiger partial charge in [-0.15, -0.1) is 0 Å². The number of hydrogen-bond acceptors (Lipinski definition) is 10. The lowest BCUT2D eigenvalue weighted by Gasteiger charge is -2.20. The van der Waals surface area contributed by atoms with Gasteiger partial charge >= 0.3 is 0 Å². The molecule has 8 bridgehead atoms. The van der Waals surface area contributed by atoms with E-state index in [0.29, 0.717) is 26.2 Å². The Morgan fingerprint density at radius 2 is 0.643 bits per heavy atom. The maximum absolute atomic E-state index is 9.84. The molecule has 0 saturated heterocycles. The van der Waals surface area contributed by atoms with Crippen LogP contribution in [0.1, 0.15) is 45.0 Å². The van der Waals surface area contributed by atoms with Gasteiger partial charge in [-0.1, -0.05) is 24.3 Å². The largest absolute Gasteiger partial charge is 0.376 e. The molecule has 6 aliphatic heterocycles.